The second-order valence-corrected chi connectivity index (χ2v) is 4.37. The molecule has 0 saturated carbocycles. The third-order valence-electron chi connectivity index (χ3n) is 3.15. The van der Waals surface area contributed by atoms with Gasteiger partial charge in [0.2, 0.25) is 0 Å². The third-order valence-corrected chi connectivity index (χ3v) is 3.15. The first-order chi connectivity index (χ1) is 9.26. The lowest BCUT2D eigenvalue weighted by molar-refractivity contribution is 0.0525. The van der Waals surface area contributed by atoms with E-state index in [9.17, 15) is 4.79 Å². The Kier molecular flexibility index (Phi) is 4.74. The van der Waals surface area contributed by atoms with Crippen molar-refractivity contribution in [2.45, 2.75) is 20.3 Å². The number of morpholine rings is 1. The van der Waals surface area contributed by atoms with E-state index >= 15 is 0 Å². The summed E-state index contributed by atoms with van der Waals surface area (Å²) in [4.78, 5) is 18.4. The summed E-state index contributed by atoms with van der Waals surface area (Å²) in [5, 5.41) is 0. The van der Waals surface area contributed by atoms with Crippen molar-refractivity contribution in [3.05, 3.63) is 23.5 Å². The van der Waals surface area contributed by atoms with Crippen LogP contribution >= 0.6 is 0 Å². The summed E-state index contributed by atoms with van der Waals surface area (Å²) in [6, 6.07) is 1.98. The molecule has 0 amide bonds. The van der Waals surface area contributed by atoms with Crippen molar-refractivity contribution in [3.63, 3.8) is 0 Å². The minimum atomic E-state index is -0.306. The summed E-state index contributed by atoms with van der Waals surface area (Å²) in [7, 11) is 0. The van der Waals surface area contributed by atoms with Crippen LogP contribution in [0.5, 0.6) is 0 Å². The molecule has 0 atom stereocenters. The number of aromatic nitrogens is 1. The molecule has 5 nitrogen and oxygen atoms in total. The SMILES string of the molecule is CCOC(=O)c1cnc(CC)cc1N1CCOCC1. The van der Waals surface area contributed by atoms with Crippen molar-refractivity contribution in [1.29, 1.82) is 0 Å². The molecule has 0 radical (unpaired) electrons. The van der Waals surface area contributed by atoms with E-state index in [4.69, 9.17) is 9.47 Å². The summed E-state index contributed by atoms with van der Waals surface area (Å²) in [5.74, 6) is -0.306. The highest BCUT2D eigenvalue weighted by molar-refractivity contribution is 5.95. The van der Waals surface area contributed by atoms with Gasteiger partial charge in [-0.2, -0.15) is 0 Å². The minimum absolute atomic E-state index is 0.306. The molecule has 2 rings (SSSR count). The number of carbonyl (C=O) groups excluding carboxylic acids is 1. The molecule has 1 aromatic heterocycles. The van der Waals surface area contributed by atoms with Gasteiger partial charge < -0.3 is 14.4 Å². The fraction of sp³-hybridized carbons (Fsp3) is 0.571. The Morgan fingerprint density at radius 1 is 1.42 bits per heavy atom. The summed E-state index contributed by atoms with van der Waals surface area (Å²) < 4.78 is 10.4. The fourth-order valence-electron chi connectivity index (χ4n) is 2.11. The number of aryl methyl sites for hydroxylation is 1. The smallest absolute Gasteiger partial charge is 0.341 e. The highest BCUT2D eigenvalue weighted by atomic mass is 16.5. The monoisotopic (exact) mass is 264 g/mol. The normalized spacial score (nSPS) is 15.4. The lowest BCUT2D eigenvalue weighted by Crippen LogP contribution is -2.37. The molecule has 19 heavy (non-hydrogen) atoms. The van der Waals surface area contributed by atoms with Crippen LogP contribution in [-0.2, 0) is 15.9 Å². The Morgan fingerprint density at radius 3 is 2.79 bits per heavy atom. The molecule has 1 aliphatic rings. The molecule has 5 heteroatoms. The van der Waals surface area contributed by atoms with Crippen LogP contribution < -0.4 is 4.90 Å². The highest BCUT2D eigenvalue weighted by Crippen LogP contribution is 2.23. The van der Waals surface area contributed by atoms with Crippen LogP contribution in [-0.4, -0.2) is 43.9 Å². The van der Waals surface area contributed by atoms with Crippen molar-refractivity contribution in [2.24, 2.45) is 0 Å². The van der Waals surface area contributed by atoms with E-state index in [1.54, 1.807) is 13.1 Å². The van der Waals surface area contributed by atoms with Crippen LogP contribution in [0, 0.1) is 0 Å². The van der Waals surface area contributed by atoms with Gasteiger partial charge in [0.1, 0.15) is 5.56 Å². The maximum atomic E-state index is 12.0. The van der Waals surface area contributed by atoms with Gasteiger partial charge in [-0.3, -0.25) is 4.98 Å². The lowest BCUT2D eigenvalue weighted by atomic mass is 10.1. The molecule has 0 aromatic carbocycles. The molecule has 0 N–H and O–H groups in total. The van der Waals surface area contributed by atoms with E-state index in [2.05, 4.69) is 16.8 Å². The van der Waals surface area contributed by atoms with Crippen LogP contribution in [0.2, 0.25) is 0 Å². The molecule has 1 aromatic rings. The van der Waals surface area contributed by atoms with E-state index in [0.29, 0.717) is 25.4 Å². The van der Waals surface area contributed by atoms with Crippen LogP contribution in [0.25, 0.3) is 0 Å². The number of esters is 1. The van der Waals surface area contributed by atoms with Gasteiger partial charge in [0.15, 0.2) is 0 Å². The number of carbonyl (C=O) groups is 1. The molecular weight excluding hydrogens is 244 g/mol. The molecule has 1 saturated heterocycles. The number of hydrogen-bond donors (Lipinski definition) is 0. The zero-order valence-electron chi connectivity index (χ0n) is 11.5. The van der Waals surface area contributed by atoms with E-state index in [0.717, 1.165) is 30.9 Å². The van der Waals surface area contributed by atoms with E-state index in [1.807, 2.05) is 6.07 Å². The van der Waals surface area contributed by atoms with E-state index in [1.165, 1.54) is 0 Å². The van der Waals surface area contributed by atoms with Crippen molar-refractivity contribution in [1.82, 2.24) is 4.98 Å². The summed E-state index contributed by atoms with van der Waals surface area (Å²) in [6.45, 7) is 7.18. The van der Waals surface area contributed by atoms with E-state index in [-0.39, 0.29) is 5.97 Å². The van der Waals surface area contributed by atoms with Crippen LogP contribution in [0.15, 0.2) is 12.3 Å². The molecule has 1 aliphatic heterocycles. The van der Waals surface area contributed by atoms with Crippen molar-refractivity contribution < 1.29 is 14.3 Å². The molecule has 2 heterocycles. The Bertz CT molecular complexity index is 442. The van der Waals surface area contributed by atoms with Gasteiger partial charge >= 0.3 is 5.97 Å². The van der Waals surface area contributed by atoms with Crippen molar-refractivity contribution in [2.75, 3.05) is 37.8 Å². The lowest BCUT2D eigenvalue weighted by Gasteiger charge is -2.30. The van der Waals surface area contributed by atoms with Gasteiger partial charge in [0, 0.05) is 25.0 Å². The number of hydrogen-bond acceptors (Lipinski definition) is 5. The molecule has 0 spiro atoms. The van der Waals surface area contributed by atoms with Crippen molar-refractivity contribution in [3.8, 4) is 0 Å². The number of nitrogens with zero attached hydrogens (tertiary/aromatic N) is 2. The summed E-state index contributed by atoms with van der Waals surface area (Å²) >= 11 is 0. The maximum Gasteiger partial charge on any atom is 0.341 e. The Hall–Kier alpha value is -1.62. The molecule has 1 fully saturated rings. The zero-order valence-corrected chi connectivity index (χ0v) is 11.5. The number of pyridine rings is 1. The summed E-state index contributed by atoms with van der Waals surface area (Å²) in [5.41, 5.74) is 2.43. The maximum absolute atomic E-state index is 12.0. The fourth-order valence-corrected chi connectivity index (χ4v) is 2.11. The molecule has 0 aliphatic carbocycles. The largest absolute Gasteiger partial charge is 0.462 e. The minimum Gasteiger partial charge on any atom is -0.462 e. The van der Waals surface area contributed by atoms with Gasteiger partial charge in [-0.25, -0.2) is 4.79 Å². The van der Waals surface area contributed by atoms with Crippen molar-refractivity contribution >= 4 is 11.7 Å². The molecule has 0 bridgehead atoms. The topological polar surface area (TPSA) is 51.7 Å². The number of anilines is 1. The quantitative estimate of drug-likeness (QED) is 0.774. The van der Waals surface area contributed by atoms with Crippen LogP contribution in [0.1, 0.15) is 29.9 Å². The van der Waals surface area contributed by atoms with Gasteiger partial charge in [-0.1, -0.05) is 6.92 Å². The zero-order chi connectivity index (χ0) is 13.7. The summed E-state index contributed by atoms with van der Waals surface area (Å²) in [6.07, 6.45) is 2.47. The second-order valence-electron chi connectivity index (χ2n) is 4.37. The standard InChI is InChI=1S/C14H20N2O3/c1-3-11-9-13(16-5-7-18-8-6-16)12(10-15-11)14(17)19-4-2/h9-10H,3-8H2,1-2H3. The Balaban J connectivity index is 2.32. The molecule has 104 valence electrons. The van der Waals surface area contributed by atoms with E-state index < -0.39 is 0 Å². The first-order valence-electron chi connectivity index (χ1n) is 6.75. The van der Waals surface area contributed by atoms with Gasteiger partial charge in [-0.15, -0.1) is 0 Å². The second kappa shape index (κ2) is 6.52. The van der Waals surface area contributed by atoms with Crippen LogP contribution in [0.4, 0.5) is 5.69 Å². The van der Waals surface area contributed by atoms with Gasteiger partial charge in [0.05, 0.1) is 25.5 Å². The van der Waals surface area contributed by atoms with Gasteiger partial charge in [0.25, 0.3) is 0 Å². The third kappa shape index (κ3) is 3.23. The number of rotatable bonds is 4. The number of ether oxygens (including phenoxy) is 2. The predicted molar refractivity (Wildman–Crippen MR) is 72.6 cm³/mol. The predicted octanol–water partition coefficient (Wildman–Crippen LogP) is 1.66. The molecular formula is C14H20N2O3. The molecule has 0 unspecified atom stereocenters. The first kappa shape index (κ1) is 13.8. The highest BCUT2D eigenvalue weighted by Gasteiger charge is 2.20. The van der Waals surface area contributed by atoms with Crippen LogP contribution in [0.3, 0.4) is 0 Å². The Morgan fingerprint density at radius 2 is 2.16 bits per heavy atom. The van der Waals surface area contributed by atoms with Gasteiger partial charge in [-0.05, 0) is 19.4 Å². The first-order valence-corrected chi connectivity index (χ1v) is 6.75. The Labute approximate surface area is 113 Å². The average Bonchev–Trinajstić information content (AvgIpc) is 2.47. The average molecular weight is 264 g/mol.